The molecule has 3 nitrogen and oxygen atoms in total. The van der Waals surface area contributed by atoms with Gasteiger partial charge in [0, 0.05) is 0 Å². The van der Waals surface area contributed by atoms with Crippen molar-refractivity contribution < 1.29 is 0 Å². The normalized spacial score (nSPS) is 19.3. The minimum absolute atomic E-state index is 0.473. The first kappa shape index (κ1) is 8.43. The van der Waals surface area contributed by atoms with Gasteiger partial charge < -0.3 is 11.5 Å². The maximum atomic E-state index is 5.65. The zero-order valence-corrected chi connectivity index (χ0v) is 6.31. The minimum atomic E-state index is -0.473. The second-order valence-corrected chi connectivity index (χ2v) is 2.46. The zero-order valence-electron chi connectivity index (χ0n) is 6.31. The third kappa shape index (κ3) is 3.97. The fraction of sp³-hybridized carbons (Fsp3) is 0.833. The Balaban J connectivity index is 4.01. The summed E-state index contributed by atoms with van der Waals surface area (Å²) in [5.41, 5.74) is 10.5. The van der Waals surface area contributed by atoms with E-state index in [2.05, 4.69) is 4.99 Å². The molecule has 9 heavy (non-hydrogen) atoms. The summed E-state index contributed by atoms with van der Waals surface area (Å²) in [6, 6.07) is 0. The molecule has 0 aromatic heterocycles. The molecule has 0 rings (SSSR count). The van der Waals surface area contributed by atoms with Gasteiger partial charge in [-0.3, -0.25) is 4.99 Å². The van der Waals surface area contributed by atoms with Crippen LogP contribution in [0.15, 0.2) is 4.99 Å². The predicted octanol–water partition coefficient (Wildman–Crippen LogP) is 0.448. The highest BCUT2D eigenvalue weighted by atomic mass is 15.0. The van der Waals surface area contributed by atoms with Crippen LogP contribution in [0.25, 0.3) is 0 Å². The topological polar surface area (TPSA) is 64.4 Å². The summed E-state index contributed by atoms with van der Waals surface area (Å²) in [5.74, 6) is 0.543. The van der Waals surface area contributed by atoms with E-state index in [1.54, 1.807) is 6.92 Å². The molecule has 0 aliphatic rings. The summed E-state index contributed by atoms with van der Waals surface area (Å²) in [6.45, 7) is 5.57. The SMILES string of the molecule is CCC(C)(N)N=C(C)N. The number of amidine groups is 1. The Bertz CT molecular complexity index is 111. The lowest BCUT2D eigenvalue weighted by molar-refractivity contribution is 0.476. The molecule has 0 radical (unpaired) electrons. The first-order valence-electron chi connectivity index (χ1n) is 3.09. The highest BCUT2D eigenvalue weighted by Gasteiger charge is 2.11. The van der Waals surface area contributed by atoms with Gasteiger partial charge in [-0.25, -0.2) is 0 Å². The second kappa shape index (κ2) is 2.82. The fourth-order valence-electron chi connectivity index (χ4n) is 0.482. The van der Waals surface area contributed by atoms with Crippen LogP contribution in [0.5, 0.6) is 0 Å². The molecule has 0 aromatic carbocycles. The average molecular weight is 129 g/mol. The molecule has 0 heterocycles. The first-order valence-corrected chi connectivity index (χ1v) is 3.09. The molecule has 0 aromatic rings. The van der Waals surface area contributed by atoms with Gasteiger partial charge in [-0.05, 0) is 20.3 Å². The Labute approximate surface area is 56.1 Å². The average Bonchev–Trinajstić information content (AvgIpc) is 1.63. The van der Waals surface area contributed by atoms with Gasteiger partial charge in [0.15, 0.2) is 0 Å². The Morgan fingerprint density at radius 1 is 1.67 bits per heavy atom. The predicted molar refractivity (Wildman–Crippen MR) is 40.2 cm³/mol. The molecule has 54 valence electrons. The Hall–Kier alpha value is -0.570. The smallest absolute Gasteiger partial charge is 0.107 e. The van der Waals surface area contributed by atoms with Crippen molar-refractivity contribution in [3.05, 3.63) is 0 Å². The lowest BCUT2D eigenvalue weighted by Gasteiger charge is -2.16. The molecular formula is C6H15N3. The van der Waals surface area contributed by atoms with Crippen molar-refractivity contribution in [2.75, 3.05) is 0 Å². The lowest BCUT2D eigenvalue weighted by Crippen LogP contribution is -2.34. The Morgan fingerprint density at radius 3 is 2.22 bits per heavy atom. The van der Waals surface area contributed by atoms with Gasteiger partial charge in [0.25, 0.3) is 0 Å². The van der Waals surface area contributed by atoms with E-state index in [0.29, 0.717) is 5.84 Å². The van der Waals surface area contributed by atoms with Crippen LogP contribution in [0, 0.1) is 0 Å². The number of hydrogen-bond acceptors (Lipinski definition) is 2. The fourth-order valence-corrected chi connectivity index (χ4v) is 0.482. The van der Waals surface area contributed by atoms with Crippen molar-refractivity contribution in [1.29, 1.82) is 0 Å². The highest BCUT2D eigenvalue weighted by Crippen LogP contribution is 2.04. The van der Waals surface area contributed by atoms with Gasteiger partial charge in [0.05, 0.1) is 5.84 Å². The molecule has 0 spiro atoms. The maximum absolute atomic E-state index is 5.65. The summed E-state index contributed by atoms with van der Waals surface area (Å²) in [5, 5.41) is 0. The highest BCUT2D eigenvalue weighted by molar-refractivity contribution is 5.77. The van der Waals surface area contributed by atoms with Crippen molar-refractivity contribution in [3.8, 4) is 0 Å². The van der Waals surface area contributed by atoms with E-state index in [0.717, 1.165) is 6.42 Å². The molecule has 0 aliphatic heterocycles. The quantitative estimate of drug-likeness (QED) is 0.420. The third-order valence-electron chi connectivity index (χ3n) is 1.15. The van der Waals surface area contributed by atoms with Gasteiger partial charge in [0.1, 0.15) is 5.66 Å². The van der Waals surface area contributed by atoms with Crippen LogP contribution in [0.1, 0.15) is 27.2 Å². The van der Waals surface area contributed by atoms with Crippen molar-refractivity contribution >= 4 is 5.84 Å². The molecule has 1 unspecified atom stereocenters. The van der Waals surface area contributed by atoms with E-state index in [9.17, 15) is 0 Å². The number of rotatable bonds is 2. The van der Waals surface area contributed by atoms with Gasteiger partial charge in [-0.15, -0.1) is 0 Å². The zero-order chi connectivity index (χ0) is 7.49. The number of hydrogen-bond donors (Lipinski definition) is 2. The first-order chi connectivity index (χ1) is 3.98. The number of nitrogens with two attached hydrogens (primary N) is 2. The molecule has 0 saturated heterocycles. The van der Waals surface area contributed by atoms with Crippen molar-refractivity contribution in [3.63, 3.8) is 0 Å². The van der Waals surface area contributed by atoms with Gasteiger partial charge in [-0.1, -0.05) is 6.92 Å². The lowest BCUT2D eigenvalue weighted by atomic mass is 10.2. The molecule has 0 amide bonds. The van der Waals surface area contributed by atoms with E-state index in [1.165, 1.54) is 0 Å². The molecule has 0 bridgehead atoms. The largest absolute Gasteiger partial charge is 0.388 e. The Kier molecular flexibility index (Phi) is 2.65. The standard InChI is InChI=1S/C6H15N3/c1-4-6(3,8)9-5(2)7/h4,8H2,1-3H3,(H2,7,9). The Morgan fingerprint density at radius 2 is 2.11 bits per heavy atom. The summed E-state index contributed by atoms with van der Waals surface area (Å²) in [4.78, 5) is 4.00. The number of aliphatic imine (C=N–C) groups is 1. The van der Waals surface area contributed by atoms with Crippen molar-refractivity contribution in [1.82, 2.24) is 0 Å². The molecule has 1 atom stereocenters. The van der Waals surface area contributed by atoms with Crippen LogP contribution < -0.4 is 11.5 Å². The van der Waals surface area contributed by atoms with Crippen molar-refractivity contribution in [2.24, 2.45) is 16.5 Å². The summed E-state index contributed by atoms with van der Waals surface area (Å²) >= 11 is 0. The van der Waals surface area contributed by atoms with E-state index in [4.69, 9.17) is 11.5 Å². The van der Waals surface area contributed by atoms with Crippen molar-refractivity contribution in [2.45, 2.75) is 32.9 Å². The van der Waals surface area contributed by atoms with E-state index < -0.39 is 5.66 Å². The summed E-state index contributed by atoms with van der Waals surface area (Å²) in [6.07, 6.45) is 0.807. The van der Waals surface area contributed by atoms with Crippen LogP contribution in [-0.4, -0.2) is 11.5 Å². The minimum Gasteiger partial charge on any atom is -0.388 e. The molecular weight excluding hydrogens is 114 g/mol. The van der Waals surface area contributed by atoms with E-state index in [1.807, 2.05) is 13.8 Å². The third-order valence-corrected chi connectivity index (χ3v) is 1.15. The van der Waals surface area contributed by atoms with E-state index >= 15 is 0 Å². The molecule has 0 fully saturated rings. The van der Waals surface area contributed by atoms with Gasteiger partial charge in [0.2, 0.25) is 0 Å². The molecule has 0 saturated carbocycles. The van der Waals surface area contributed by atoms with Crippen LogP contribution >= 0.6 is 0 Å². The summed E-state index contributed by atoms with van der Waals surface area (Å²) in [7, 11) is 0. The van der Waals surface area contributed by atoms with E-state index in [-0.39, 0.29) is 0 Å². The van der Waals surface area contributed by atoms with Crippen LogP contribution in [0.3, 0.4) is 0 Å². The van der Waals surface area contributed by atoms with Crippen LogP contribution in [-0.2, 0) is 0 Å². The van der Waals surface area contributed by atoms with Gasteiger partial charge in [-0.2, -0.15) is 0 Å². The maximum Gasteiger partial charge on any atom is 0.107 e. The second-order valence-electron chi connectivity index (χ2n) is 2.46. The van der Waals surface area contributed by atoms with Crippen LogP contribution in [0.2, 0.25) is 0 Å². The number of nitrogens with zero attached hydrogens (tertiary/aromatic N) is 1. The monoisotopic (exact) mass is 129 g/mol. The molecule has 0 aliphatic carbocycles. The summed E-state index contributed by atoms with van der Waals surface area (Å²) < 4.78 is 0. The van der Waals surface area contributed by atoms with Gasteiger partial charge >= 0.3 is 0 Å². The molecule has 4 N–H and O–H groups in total. The van der Waals surface area contributed by atoms with Crippen LogP contribution in [0.4, 0.5) is 0 Å². The molecule has 3 heteroatoms.